The smallest absolute Gasteiger partial charge is 0.300 e. The van der Waals surface area contributed by atoms with E-state index in [0.29, 0.717) is 17.2 Å². The first-order chi connectivity index (χ1) is 16.7. The molecule has 1 saturated heterocycles. The van der Waals surface area contributed by atoms with E-state index in [-0.39, 0.29) is 26.9 Å². The Hall–Kier alpha value is -3.20. The fourth-order valence-electron chi connectivity index (χ4n) is 4.03. The molecule has 1 aliphatic heterocycles. The number of nitrogens with zero attached hydrogens (tertiary/aromatic N) is 1. The van der Waals surface area contributed by atoms with Crippen LogP contribution in [-0.4, -0.2) is 38.1 Å². The first kappa shape index (κ1) is 24.9. The molecule has 2 aromatic carbocycles. The molecule has 10 heteroatoms. The number of benzene rings is 2. The highest BCUT2D eigenvalue weighted by Gasteiger charge is 2.48. The standard InChI is InChI=1S/C25H21Cl2NO6S/c1-12-7-8-35-24(12)20-19(21(29)13-9-15(26)23(34-4)16(27)10-13)22(30)25(31)28(20)14-5-6-17(32-2)18(11-14)33-3/h5-11,20,29H,1-4H3/b21-19-. The first-order valence-corrected chi connectivity index (χ1v) is 12.0. The number of hydrogen-bond donors (Lipinski definition) is 1. The second kappa shape index (κ2) is 9.81. The summed E-state index contributed by atoms with van der Waals surface area (Å²) < 4.78 is 15.9. The topological polar surface area (TPSA) is 85.3 Å². The Balaban J connectivity index is 1.96. The molecule has 35 heavy (non-hydrogen) atoms. The third-order valence-electron chi connectivity index (χ3n) is 5.72. The zero-order valence-electron chi connectivity index (χ0n) is 19.2. The van der Waals surface area contributed by atoms with Crippen LogP contribution in [0.3, 0.4) is 0 Å². The van der Waals surface area contributed by atoms with Crippen LogP contribution in [0.2, 0.25) is 10.0 Å². The third kappa shape index (κ3) is 4.22. The molecule has 0 spiro atoms. The van der Waals surface area contributed by atoms with Gasteiger partial charge in [0.05, 0.1) is 36.9 Å². The number of carbonyl (C=O) groups excluding carboxylic acids is 2. The van der Waals surface area contributed by atoms with Crippen LogP contribution in [0.25, 0.3) is 5.76 Å². The maximum atomic E-state index is 13.3. The Bertz CT molecular complexity index is 1340. The number of rotatable bonds is 6. The highest BCUT2D eigenvalue weighted by atomic mass is 35.5. The van der Waals surface area contributed by atoms with Crippen molar-refractivity contribution in [3.8, 4) is 17.2 Å². The highest BCUT2D eigenvalue weighted by Crippen LogP contribution is 2.47. The number of thiophene rings is 1. The summed E-state index contributed by atoms with van der Waals surface area (Å²) in [5.41, 5.74) is 1.38. The zero-order valence-corrected chi connectivity index (χ0v) is 21.5. The van der Waals surface area contributed by atoms with E-state index in [9.17, 15) is 14.7 Å². The van der Waals surface area contributed by atoms with Gasteiger partial charge in [0.2, 0.25) is 0 Å². The Labute approximate surface area is 216 Å². The fourth-order valence-corrected chi connectivity index (χ4v) is 5.70. The number of Topliss-reactive ketones (excluding diaryl/α,β-unsaturated/α-hetero) is 1. The number of aryl methyl sites for hydroxylation is 1. The van der Waals surface area contributed by atoms with Gasteiger partial charge in [-0.2, -0.15) is 0 Å². The van der Waals surface area contributed by atoms with E-state index in [1.807, 2.05) is 18.4 Å². The number of amides is 1. The van der Waals surface area contributed by atoms with Gasteiger partial charge in [-0.05, 0) is 48.2 Å². The van der Waals surface area contributed by atoms with Crippen LogP contribution in [0.1, 0.15) is 22.0 Å². The molecule has 0 bridgehead atoms. The van der Waals surface area contributed by atoms with Crippen molar-refractivity contribution >= 4 is 57.7 Å². The molecular weight excluding hydrogens is 513 g/mol. The van der Waals surface area contributed by atoms with Gasteiger partial charge in [-0.15, -0.1) is 11.3 Å². The predicted molar refractivity (Wildman–Crippen MR) is 136 cm³/mol. The minimum absolute atomic E-state index is 0.0763. The molecule has 3 aromatic rings. The normalized spacial score (nSPS) is 17.1. The molecular formula is C25H21Cl2NO6S. The van der Waals surface area contributed by atoms with Crippen molar-refractivity contribution in [3.63, 3.8) is 0 Å². The van der Waals surface area contributed by atoms with Crippen LogP contribution in [0.15, 0.2) is 47.4 Å². The van der Waals surface area contributed by atoms with E-state index >= 15 is 0 Å². The molecule has 2 heterocycles. The van der Waals surface area contributed by atoms with E-state index < -0.39 is 23.5 Å². The van der Waals surface area contributed by atoms with Gasteiger partial charge in [-0.25, -0.2) is 0 Å². The largest absolute Gasteiger partial charge is 0.507 e. The molecule has 1 aliphatic rings. The van der Waals surface area contributed by atoms with Gasteiger partial charge >= 0.3 is 0 Å². The molecule has 0 aliphatic carbocycles. The van der Waals surface area contributed by atoms with Crippen LogP contribution >= 0.6 is 34.5 Å². The Kier molecular flexibility index (Phi) is 6.98. The average molecular weight is 534 g/mol. The lowest BCUT2D eigenvalue weighted by atomic mass is 9.98. The molecule has 1 aromatic heterocycles. The number of anilines is 1. The Morgan fingerprint density at radius 2 is 1.63 bits per heavy atom. The Morgan fingerprint density at radius 3 is 2.17 bits per heavy atom. The monoisotopic (exact) mass is 533 g/mol. The predicted octanol–water partition coefficient (Wildman–Crippen LogP) is 6.02. The van der Waals surface area contributed by atoms with Gasteiger partial charge in [-0.1, -0.05) is 23.2 Å². The van der Waals surface area contributed by atoms with Crippen molar-refractivity contribution in [2.24, 2.45) is 0 Å². The minimum Gasteiger partial charge on any atom is -0.507 e. The van der Waals surface area contributed by atoms with E-state index in [4.69, 9.17) is 37.4 Å². The van der Waals surface area contributed by atoms with Gasteiger partial charge < -0.3 is 19.3 Å². The first-order valence-electron chi connectivity index (χ1n) is 10.3. The molecule has 1 atom stereocenters. The Morgan fingerprint density at radius 1 is 0.971 bits per heavy atom. The average Bonchev–Trinajstić information content (AvgIpc) is 3.38. The molecule has 1 fully saturated rings. The maximum Gasteiger partial charge on any atom is 0.300 e. The lowest BCUT2D eigenvalue weighted by molar-refractivity contribution is -0.132. The highest BCUT2D eigenvalue weighted by molar-refractivity contribution is 7.10. The second-order valence-electron chi connectivity index (χ2n) is 7.65. The van der Waals surface area contributed by atoms with Gasteiger partial charge in [-0.3, -0.25) is 14.5 Å². The summed E-state index contributed by atoms with van der Waals surface area (Å²) in [6.07, 6.45) is 0. The summed E-state index contributed by atoms with van der Waals surface area (Å²) in [6.45, 7) is 1.88. The second-order valence-corrected chi connectivity index (χ2v) is 9.41. The van der Waals surface area contributed by atoms with Crippen LogP contribution < -0.4 is 19.1 Å². The molecule has 1 unspecified atom stereocenters. The molecule has 7 nitrogen and oxygen atoms in total. The van der Waals surface area contributed by atoms with Crippen molar-refractivity contribution in [2.45, 2.75) is 13.0 Å². The number of methoxy groups -OCH3 is 3. The number of halogens is 2. The number of aliphatic hydroxyl groups is 1. The number of ether oxygens (including phenoxy) is 3. The summed E-state index contributed by atoms with van der Waals surface area (Å²) in [7, 11) is 4.40. The van der Waals surface area contributed by atoms with E-state index in [0.717, 1.165) is 10.4 Å². The van der Waals surface area contributed by atoms with Gasteiger partial charge in [0.25, 0.3) is 11.7 Å². The minimum atomic E-state index is -0.882. The molecule has 182 valence electrons. The molecule has 1 N–H and O–H groups in total. The number of ketones is 1. The van der Waals surface area contributed by atoms with Crippen LogP contribution in [0.4, 0.5) is 5.69 Å². The zero-order chi connectivity index (χ0) is 25.4. The fraction of sp³-hybridized carbons (Fsp3) is 0.200. The quantitative estimate of drug-likeness (QED) is 0.237. The van der Waals surface area contributed by atoms with Crippen LogP contribution in [-0.2, 0) is 9.59 Å². The van der Waals surface area contributed by atoms with E-state index in [1.54, 1.807) is 18.2 Å². The van der Waals surface area contributed by atoms with E-state index in [2.05, 4.69) is 0 Å². The summed E-state index contributed by atoms with van der Waals surface area (Å²) in [4.78, 5) is 28.8. The summed E-state index contributed by atoms with van der Waals surface area (Å²) in [5, 5.41) is 13.5. The number of aliphatic hydroxyl groups excluding tert-OH is 1. The molecule has 4 rings (SSSR count). The van der Waals surface area contributed by atoms with Gasteiger partial charge in [0.1, 0.15) is 11.8 Å². The van der Waals surface area contributed by atoms with Crippen LogP contribution in [0.5, 0.6) is 17.2 Å². The summed E-state index contributed by atoms with van der Waals surface area (Å²) >= 11 is 13.9. The van der Waals surface area contributed by atoms with Crippen molar-refractivity contribution in [1.82, 2.24) is 0 Å². The number of carbonyl (C=O) groups is 2. The molecule has 1 amide bonds. The van der Waals surface area contributed by atoms with Crippen molar-refractivity contribution in [2.75, 3.05) is 26.2 Å². The van der Waals surface area contributed by atoms with Gasteiger partial charge in [0.15, 0.2) is 17.2 Å². The van der Waals surface area contributed by atoms with Crippen molar-refractivity contribution in [1.29, 1.82) is 0 Å². The molecule has 0 radical (unpaired) electrons. The lowest BCUT2D eigenvalue weighted by Crippen LogP contribution is -2.29. The van der Waals surface area contributed by atoms with Crippen molar-refractivity contribution < 1.29 is 28.9 Å². The maximum absolute atomic E-state index is 13.3. The lowest BCUT2D eigenvalue weighted by Gasteiger charge is -2.25. The third-order valence-corrected chi connectivity index (χ3v) is 7.35. The summed E-state index contributed by atoms with van der Waals surface area (Å²) in [5.74, 6) is -0.918. The SMILES string of the molecule is COc1ccc(N2C(=O)C(=O)/C(=C(\O)c3cc(Cl)c(OC)c(Cl)c3)C2c2sccc2C)cc1OC. The van der Waals surface area contributed by atoms with Crippen molar-refractivity contribution in [3.05, 3.63) is 73.4 Å². The van der Waals surface area contributed by atoms with E-state index in [1.165, 1.54) is 49.7 Å². The van der Waals surface area contributed by atoms with Gasteiger partial charge in [0, 0.05) is 22.2 Å². The summed E-state index contributed by atoms with van der Waals surface area (Å²) in [6, 6.07) is 8.79. The molecule has 0 saturated carbocycles. The number of hydrogen-bond acceptors (Lipinski definition) is 7. The van der Waals surface area contributed by atoms with Crippen LogP contribution in [0, 0.1) is 6.92 Å².